The Morgan fingerprint density at radius 3 is 1.78 bits per heavy atom. The van der Waals surface area contributed by atoms with Gasteiger partial charge >= 0.3 is 0 Å². The third-order valence-electron chi connectivity index (χ3n) is 7.77. The van der Waals surface area contributed by atoms with Gasteiger partial charge in [0.05, 0.1) is 38.2 Å². The number of carbonyl (C=O) groups is 2. The fourth-order valence-electron chi connectivity index (χ4n) is 5.77. The monoisotopic (exact) mass is 626 g/mol. The first-order valence-corrected chi connectivity index (χ1v) is 15.2. The van der Waals surface area contributed by atoms with Crippen LogP contribution >= 0.6 is 46.4 Å². The molecule has 2 aliphatic heterocycles. The average Bonchev–Trinajstić information content (AvgIpc) is 2.94. The number of ketones is 1. The average molecular weight is 628 g/mol. The Balaban J connectivity index is 1.63. The number of halogens is 4. The van der Waals surface area contributed by atoms with Crippen LogP contribution in [0, 0.1) is 0 Å². The van der Waals surface area contributed by atoms with Crippen molar-refractivity contribution < 1.29 is 9.59 Å². The van der Waals surface area contributed by atoms with Crippen molar-refractivity contribution >= 4 is 70.2 Å². The summed E-state index contributed by atoms with van der Waals surface area (Å²) in [5.41, 5.74) is 10.1. The molecule has 0 aromatic heterocycles. The molecule has 2 heterocycles. The van der Waals surface area contributed by atoms with E-state index < -0.39 is 18.1 Å². The van der Waals surface area contributed by atoms with E-state index in [1.165, 1.54) is 0 Å². The molecule has 5 rings (SSSR count). The molecule has 3 aromatic carbocycles. The second-order valence-corrected chi connectivity index (χ2v) is 12.2. The predicted octanol–water partition coefficient (Wildman–Crippen LogP) is 8.45. The Hall–Kier alpha value is -2.60. The molecule has 2 unspecified atom stereocenters. The van der Waals surface area contributed by atoms with Crippen LogP contribution in [0.3, 0.4) is 0 Å². The van der Waals surface area contributed by atoms with Gasteiger partial charge in [-0.3, -0.25) is 9.59 Å². The molecule has 41 heavy (non-hydrogen) atoms. The predicted molar refractivity (Wildman–Crippen MR) is 170 cm³/mol. The summed E-state index contributed by atoms with van der Waals surface area (Å²) >= 11 is 25.0. The van der Waals surface area contributed by atoms with Gasteiger partial charge in [0.15, 0.2) is 5.78 Å². The van der Waals surface area contributed by atoms with Crippen molar-refractivity contribution in [1.82, 2.24) is 4.90 Å². The number of fused-ring (bicyclic) bond motifs is 2. The van der Waals surface area contributed by atoms with Crippen molar-refractivity contribution in [1.29, 1.82) is 0 Å². The lowest BCUT2D eigenvalue weighted by atomic mass is 9.77. The standard InChI is InChI=1S/C33H30Cl4N2O2/c34-25-13-11-21(17-27(25)36)15-23-30-9-5-2-6-10-31(24(32(23)40)16-22-12-14-26(35)28(37)18-22)39(30)33(41)29(38)19-20-7-3-1-4-8-20/h1,3-4,7-8,11-18,29-31H,2,5-6,9-10,19,38H2/b23-15+,24-16+/t29-,30?,31?/m0/s1. The number of nitrogens with two attached hydrogens (primary N) is 1. The summed E-state index contributed by atoms with van der Waals surface area (Å²) in [6.07, 6.45) is 8.20. The summed E-state index contributed by atoms with van der Waals surface area (Å²) < 4.78 is 0. The molecule has 4 nitrogen and oxygen atoms in total. The molecular weight excluding hydrogens is 598 g/mol. The van der Waals surface area contributed by atoms with Crippen molar-refractivity contribution in [3.63, 3.8) is 0 Å². The Labute approximate surface area is 260 Å². The van der Waals surface area contributed by atoms with Crippen LogP contribution in [0.5, 0.6) is 0 Å². The number of Topliss-reactive ketones (excluding diaryl/α,β-unsaturated/α-hetero) is 1. The number of carbonyl (C=O) groups excluding carboxylic acids is 2. The summed E-state index contributed by atoms with van der Waals surface area (Å²) in [5, 5.41) is 1.64. The third kappa shape index (κ3) is 6.74. The molecular formula is C33H30Cl4N2O2. The van der Waals surface area contributed by atoms with Crippen molar-refractivity contribution in [3.05, 3.63) is 115 Å². The number of hydrogen-bond acceptors (Lipinski definition) is 3. The van der Waals surface area contributed by atoms with Gasteiger partial charge in [-0.1, -0.05) is 108 Å². The van der Waals surface area contributed by atoms with E-state index >= 15 is 0 Å². The van der Waals surface area contributed by atoms with Gasteiger partial charge in [0, 0.05) is 11.1 Å². The first-order chi connectivity index (χ1) is 19.7. The quantitative estimate of drug-likeness (QED) is 0.289. The third-order valence-corrected chi connectivity index (χ3v) is 9.25. The topological polar surface area (TPSA) is 63.4 Å². The maximum Gasteiger partial charge on any atom is 0.240 e. The fourth-order valence-corrected chi connectivity index (χ4v) is 6.38. The summed E-state index contributed by atoms with van der Waals surface area (Å²) in [6, 6.07) is 18.7. The molecule has 0 saturated carbocycles. The highest BCUT2D eigenvalue weighted by molar-refractivity contribution is 6.42. The zero-order chi connectivity index (χ0) is 29.1. The van der Waals surface area contributed by atoms with Crippen LogP contribution in [-0.2, 0) is 16.0 Å². The van der Waals surface area contributed by atoms with Gasteiger partial charge in [-0.05, 0) is 72.4 Å². The van der Waals surface area contributed by atoms with E-state index in [9.17, 15) is 9.59 Å². The van der Waals surface area contributed by atoms with Crippen LogP contribution in [0.25, 0.3) is 12.2 Å². The lowest BCUT2D eigenvalue weighted by Gasteiger charge is -2.46. The smallest absolute Gasteiger partial charge is 0.240 e. The van der Waals surface area contributed by atoms with E-state index in [4.69, 9.17) is 52.1 Å². The molecule has 0 aliphatic carbocycles. The maximum absolute atomic E-state index is 14.3. The molecule has 3 aromatic rings. The van der Waals surface area contributed by atoms with Crippen LogP contribution in [0.2, 0.25) is 20.1 Å². The Morgan fingerprint density at radius 1 is 0.780 bits per heavy atom. The Morgan fingerprint density at radius 2 is 1.29 bits per heavy atom. The summed E-state index contributed by atoms with van der Waals surface area (Å²) in [7, 11) is 0. The zero-order valence-electron chi connectivity index (χ0n) is 22.3. The van der Waals surface area contributed by atoms with Crippen molar-refractivity contribution in [2.75, 3.05) is 0 Å². The maximum atomic E-state index is 14.3. The van der Waals surface area contributed by atoms with Gasteiger partial charge in [-0.2, -0.15) is 0 Å². The number of rotatable bonds is 5. The molecule has 2 saturated heterocycles. The highest BCUT2D eigenvalue weighted by atomic mass is 35.5. The van der Waals surface area contributed by atoms with Crippen molar-refractivity contribution in [2.24, 2.45) is 5.73 Å². The number of nitrogens with zero attached hydrogens (tertiary/aromatic N) is 1. The molecule has 1 amide bonds. The molecule has 2 bridgehead atoms. The van der Waals surface area contributed by atoms with Gasteiger partial charge in [0.25, 0.3) is 0 Å². The van der Waals surface area contributed by atoms with Crippen LogP contribution < -0.4 is 5.73 Å². The van der Waals surface area contributed by atoms with Crippen molar-refractivity contribution in [2.45, 2.75) is 56.7 Å². The zero-order valence-corrected chi connectivity index (χ0v) is 25.4. The first-order valence-electron chi connectivity index (χ1n) is 13.7. The lowest BCUT2D eigenvalue weighted by Crippen LogP contribution is -2.59. The van der Waals surface area contributed by atoms with Gasteiger partial charge in [0.2, 0.25) is 5.91 Å². The van der Waals surface area contributed by atoms with Gasteiger partial charge in [-0.25, -0.2) is 0 Å². The molecule has 2 fully saturated rings. The molecule has 8 heteroatoms. The van der Waals surface area contributed by atoms with Crippen LogP contribution in [0.1, 0.15) is 48.8 Å². The summed E-state index contributed by atoms with van der Waals surface area (Å²) in [4.78, 5) is 30.4. The van der Waals surface area contributed by atoms with E-state index in [1.807, 2.05) is 59.5 Å². The van der Waals surface area contributed by atoms with Crippen molar-refractivity contribution in [3.8, 4) is 0 Å². The fraction of sp³-hybridized carbons (Fsp3) is 0.273. The normalized spacial score (nSPS) is 22.0. The van der Waals surface area contributed by atoms with E-state index in [-0.39, 0.29) is 11.7 Å². The molecule has 0 spiro atoms. The molecule has 2 N–H and O–H groups in total. The van der Waals surface area contributed by atoms with Gasteiger partial charge in [-0.15, -0.1) is 0 Å². The minimum absolute atomic E-state index is 0.0975. The van der Waals surface area contributed by atoms with Crippen LogP contribution in [-0.4, -0.2) is 34.7 Å². The first kappa shape index (κ1) is 29.9. The van der Waals surface area contributed by atoms with Crippen LogP contribution in [0.15, 0.2) is 77.9 Å². The summed E-state index contributed by atoms with van der Waals surface area (Å²) in [5.74, 6) is -0.266. The Bertz CT molecular complexity index is 1440. The van der Waals surface area contributed by atoms with E-state index in [1.54, 1.807) is 24.3 Å². The molecule has 2 aliphatic rings. The molecule has 3 atom stereocenters. The Kier molecular flexibility index (Phi) is 9.58. The highest BCUT2D eigenvalue weighted by Gasteiger charge is 2.45. The summed E-state index contributed by atoms with van der Waals surface area (Å²) in [6.45, 7) is 0. The molecule has 0 radical (unpaired) electrons. The minimum Gasteiger partial charge on any atom is -0.327 e. The van der Waals surface area contributed by atoms with E-state index in [0.717, 1.165) is 36.0 Å². The van der Waals surface area contributed by atoms with Crippen LogP contribution in [0.4, 0.5) is 0 Å². The number of hydrogen-bond donors (Lipinski definition) is 1. The highest BCUT2D eigenvalue weighted by Crippen LogP contribution is 2.39. The minimum atomic E-state index is -0.757. The lowest BCUT2D eigenvalue weighted by molar-refractivity contribution is -0.138. The number of benzene rings is 3. The number of piperidine rings is 1. The van der Waals surface area contributed by atoms with E-state index in [2.05, 4.69) is 0 Å². The number of amides is 1. The second kappa shape index (κ2) is 13.1. The van der Waals surface area contributed by atoms with E-state index in [0.29, 0.717) is 50.5 Å². The molecule has 212 valence electrons. The van der Waals surface area contributed by atoms with Gasteiger partial charge < -0.3 is 10.6 Å². The SMILES string of the molecule is N[C@@H](Cc1ccccc1)C(=O)N1C2CCCCCC1/C(=C\c1ccc(Cl)c(Cl)c1)C(=O)/C2=C/c1ccc(Cl)c(Cl)c1. The largest absolute Gasteiger partial charge is 0.327 e. The second-order valence-electron chi connectivity index (χ2n) is 10.6. The van der Waals surface area contributed by atoms with Gasteiger partial charge in [0.1, 0.15) is 0 Å².